The van der Waals surface area contributed by atoms with Crippen LogP contribution in [0.5, 0.6) is 0 Å². The van der Waals surface area contributed by atoms with E-state index in [1.165, 1.54) is 0 Å². The van der Waals surface area contributed by atoms with Crippen molar-refractivity contribution in [2.24, 2.45) is 5.92 Å². The van der Waals surface area contributed by atoms with E-state index in [0.717, 1.165) is 43.5 Å². The van der Waals surface area contributed by atoms with Crippen molar-refractivity contribution in [3.63, 3.8) is 0 Å². The van der Waals surface area contributed by atoms with E-state index in [-0.39, 0.29) is 0 Å². The van der Waals surface area contributed by atoms with Crippen LogP contribution in [0.25, 0.3) is 0 Å². The van der Waals surface area contributed by atoms with Crippen molar-refractivity contribution in [2.45, 2.75) is 40.3 Å². The van der Waals surface area contributed by atoms with E-state index in [1.807, 2.05) is 13.8 Å². The lowest BCUT2D eigenvalue weighted by molar-refractivity contribution is 0.156. The number of aromatic nitrogens is 1. The molecule has 4 heteroatoms. The zero-order chi connectivity index (χ0) is 12.4. The second-order valence-electron chi connectivity index (χ2n) is 5.29. The SMILES string of the molecule is Cc1nc(CN2CCNC(C(C)C)C2)oc1C. The molecule has 4 nitrogen and oxygen atoms in total. The van der Waals surface area contributed by atoms with Crippen LogP contribution in [0.4, 0.5) is 0 Å². The molecule has 1 aliphatic rings. The predicted octanol–water partition coefficient (Wildman–Crippen LogP) is 1.72. The third kappa shape index (κ3) is 3.07. The van der Waals surface area contributed by atoms with E-state index < -0.39 is 0 Å². The lowest BCUT2D eigenvalue weighted by atomic mass is 10.0. The molecule has 2 rings (SSSR count). The van der Waals surface area contributed by atoms with E-state index in [0.29, 0.717) is 12.0 Å². The highest BCUT2D eigenvalue weighted by atomic mass is 16.4. The van der Waals surface area contributed by atoms with Gasteiger partial charge in [-0.1, -0.05) is 13.8 Å². The quantitative estimate of drug-likeness (QED) is 0.869. The Balaban J connectivity index is 1.94. The van der Waals surface area contributed by atoms with Gasteiger partial charge in [0.25, 0.3) is 0 Å². The highest BCUT2D eigenvalue weighted by molar-refractivity contribution is 5.05. The van der Waals surface area contributed by atoms with E-state index in [4.69, 9.17) is 4.42 Å². The molecule has 1 aliphatic heterocycles. The molecule has 0 aliphatic carbocycles. The van der Waals surface area contributed by atoms with Crippen LogP contribution in [0.15, 0.2) is 4.42 Å². The summed E-state index contributed by atoms with van der Waals surface area (Å²) in [6.07, 6.45) is 0. The molecule has 0 amide bonds. The Labute approximate surface area is 103 Å². The van der Waals surface area contributed by atoms with Gasteiger partial charge in [0.15, 0.2) is 0 Å². The summed E-state index contributed by atoms with van der Waals surface area (Å²) in [4.78, 5) is 6.87. The van der Waals surface area contributed by atoms with Gasteiger partial charge in [-0.25, -0.2) is 4.98 Å². The van der Waals surface area contributed by atoms with Crippen molar-refractivity contribution in [1.29, 1.82) is 0 Å². The minimum atomic E-state index is 0.584. The van der Waals surface area contributed by atoms with Crippen molar-refractivity contribution in [3.05, 3.63) is 17.3 Å². The highest BCUT2D eigenvalue weighted by Gasteiger charge is 2.22. The van der Waals surface area contributed by atoms with Crippen LogP contribution in [-0.2, 0) is 6.54 Å². The number of aryl methyl sites for hydroxylation is 2. The van der Waals surface area contributed by atoms with Gasteiger partial charge in [-0.15, -0.1) is 0 Å². The largest absolute Gasteiger partial charge is 0.444 e. The van der Waals surface area contributed by atoms with Gasteiger partial charge in [0.2, 0.25) is 5.89 Å². The molecule has 2 heterocycles. The molecule has 0 bridgehead atoms. The summed E-state index contributed by atoms with van der Waals surface area (Å²) in [5.41, 5.74) is 1.01. The number of piperazine rings is 1. The minimum absolute atomic E-state index is 0.584. The van der Waals surface area contributed by atoms with Gasteiger partial charge in [0, 0.05) is 25.7 Å². The smallest absolute Gasteiger partial charge is 0.208 e. The maximum absolute atomic E-state index is 5.64. The van der Waals surface area contributed by atoms with E-state index >= 15 is 0 Å². The molecule has 17 heavy (non-hydrogen) atoms. The molecule has 0 aromatic carbocycles. The Kier molecular flexibility index (Phi) is 3.84. The average molecular weight is 237 g/mol. The average Bonchev–Trinajstić information content (AvgIpc) is 2.58. The van der Waals surface area contributed by atoms with Gasteiger partial charge >= 0.3 is 0 Å². The number of hydrogen-bond acceptors (Lipinski definition) is 4. The van der Waals surface area contributed by atoms with Gasteiger partial charge < -0.3 is 9.73 Å². The number of rotatable bonds is 3. The number of oxazole rings is 1. The van der Waals surface area contributed by atoms with Gasteiger partial charge in [-0.2, -0.15) is 0 Å². The fourth-order valence-corrected chi connectivity index (χ4v) is 2.23. The molecule has 1 aromatic heterocycles. The van der Waals surface area contributed by atoms with Gasteiger partial charge in [0.05, 0.1) is 12.2 Å². The molecule has 0 radical (unpaired) electrons. The number of hydrogen-bond donors (Lipinski definition) is 1. The zero-order valence-corrected chi connectivity index (χ0v) is 11.3. The first-order valence-corrected chi connectivity index (χ1v) is 6.45. The molecule has 1 fully saturated rings. The Morgan fingerprint density at radius 1 is 1.47 bits per heavy atom. The normalized spacial score (nSPS) is 22.3. The lowest BCUT2D eigenvalue weighted by Gasteiger charge is -2.35. The molecule has 1 unspecified atom stereocenters. The Bertz CT molecular complexity index is 353. The first kappa shape index (κ1) is 12.6. The van der Waals surface area contributed by atoms with Gasteiger partial charge in [-0.3, -0.25) is 4.90 Å². The first-order valence-electron chi connectivity index (χ1n) is 6.45. The van der Waals surface area contributed by atoms with E-state index in [2.05, 4.69) is 29.0 Å². The molecule has 96 valence electrons. The standard InChI is InChI=1S/C13H23N3O/c1-9(2)12-7-16(6-5-14-12)8-13-15-10(3)11(4)17-13/h9,12,14H,5-8H2,1-4H3. The molecule has 1 saturated heterocycles. The summed E-state index contributed by atoms with van der Waals surface area (Å²) in [5.74, 6) is 2.46. The zero-order valence-electron chi connectivity index (χ0n) is 11.3. The van der Waals surface area contributed by atoms with Crippen LogP contribution in [-0.4, -0.2) is 35.6 Å². The summed E-state index contributed by atoms with van der Waals surface area (Å²) in [7, 11) is 0. The Morgan fingerprint density at radius 3 is 2.82 bits per heavy atom. The number of nitrogens with zero attached hydrogens (tertiary/aromatic N) is 2. The summed E-state index contributed by atoms with van der Waals surface area (Å²) >= 11 is 0. The molecular weight excluding hydrogens is 214 g/mol. The Morgan fingerprint density at radius 2 is 2.24 bits per heavy atom. The first-order chi connectivity index (χ1) is 8.06. The lowest BCUT2D eigenvalue weighted by Crippen LogP contribution is -2.52. The van der Waals surface area contributed by atoms with E-state index in [1.54, 1.807) is 0 Å². The second kappa shape index (κ2) is 5.19. The second-order valence-corrected chi connectivity index (χ2v) is 5.29. The summed E-state index contributed by atoms with van der Waals surface area (Å²) < 4.78 is 5.64. The fourth-order valence-electron chi connectivity index (χ4n) is 2.23. The van der Waals surface area contributed by atoms with Crippen LogP contribution >= 0.6 is 0 Å². The molecule has 1 atom stereocenters. The van der Waals surface area contributed by atoms with Crippen LogP contribution < -0.4 is 5.32 Å². The van der Waals surface area contributed by atoms with E-state index in [9.17, 15) is 0 Å². The topological polar surface area (TPSA) is 41.3 Å². The molecule has 1 aromatic rings. The van der Waals surface area contributed by atoms with Crippen LogP contribution in [0, 0.1) is 19.8 Å². The highest BCUT2D eigenvalue weighted by Crippen LogP contribution is 2.14. The van der Waals surface area contributed by atoms with Gasteiger partial charge in [-0.05, 0) is 19.8 Å². The maximum Gasteiger partial charge on any atom is 0.208 e. The van der Waals surface area contributed by atoms with Gasteiger partial charge in [0.1, 0.15) is 5.76 Å². The third-order valence-corrected chi connectivity index (χ3v) is 3.53. The van der Waals surface area contributed by atoms with Crippen molar-refractivity contribution >= 4 is 0 Å². The number of nitrogens with one attached hydrogen (secondary N) is 1. The summed E-state index contributed by atoms with van der Waals surface area (Å²) in [6.45, 7) is 12.5. The molecule has 0 spiro atoms. The fraction of sp³-hybridized carbons (Fsp3) is 0.769. The van der Waals surface area contributed by atoms with Crippen LogP contribution in [0.2, 0.25) is 0 Å². The van der Waals surface area contributed by atoms with Crippen molar-refractivity contribution in [1.82, 2.24) is 15.2 Å². The predicted molar refractivity (Wildman–Crippen MR) is 67.9 cm³/mol. The molecule has 0 saturated carbocycles. The monoisotopic (exact) mass is 237 g/mol. The van der Waals surface area contributed by atoms with Crippen molar-refractivity contribution in [2.75, 3.05) is 19.6 Å². The molecular formula is C13H23N3O. The van der Waals surface area contributed by atoms with Crippen molar-refractivity contribution in [3.8, 4) is 0 Å². The third-order valence-electron chi connectivity index (χ3n) is 3.53. The van der Waals surface area contributed by atoms with Crippen molar-refractivity contribution < 1.29 is 4.42 Å². The maximum atomic E-state index is 5.64. The van der Waals surface area contributed by atoms with Crippen LogP contribution in [0.1, 0.15) is 31.2 Å². The summed E-state index contributed by atoms with van der Waals surface area (Å²) in [6, 6.07) is 0.584. The molecule has 1 N–H and O–H groups in total. The van der Waals surface area contributed by atoms with Crippen LogP contribution in [0.3, 0.4) is 0 Å². The minimum Gasteiger partial charge on any atom is -0.444 e. The summed E-state index contributed by atoms with van der Waals surface area (Å²) in [5, 5.41) is 3.56. The Hall–Kier alpha value is -0.870.